The molecule has 1 N–H and O–H groups in total. The summed E-state index contributed by atoms with van der Waals surface area (Å²) in [5, 5.41) is 3.42. The van der Waals surface area contributed by atoms with E-state index >= 15 is 0 Å². The fraction of sp³-hybridized carbons (Fsp3) is 0.273. The number of carbonyl (C=O) groups excluding carboxylic acids is 1. The molecular weight excluding hydrogens is 430 g/mol. The second-order valence-corrected chi connectivity index (χ2v) is 7.03. The van der Waals surface area contributed by atoms with E-state index in [4.69, 9.17) is 20.8 Å². The molecule has 0 atom stereocenters. The predicted molar refractivity (Wildman–Crippen MR) is 112 cm³/mol. The molecule has 9 heteroatoms. The van der Waals surface area contributed by atoms with E-state index in [1.54, 1.807) is 30.5 Å². The lowest BCUT2D eigenvalue weighted by Crippen LogP contribution is -2.25. The Morgan fingerprint density at radius 1 is 1.16 bits per heavy atom. The van der Waals surface area contributed by atoms with Gasteiger partial charge in [-0.2, -0.15) is 8.78 Å². The maximum absolute atomic E-state index is 12.5. The van der Waals surface area contributed by atoms with E-state index in [2.05, 4.69) is 15.0 Å². The summed E-state index contributed by atoms with van der Waals surface area (Å²) < 4.78 is 40.2. The third kappa shape index (κ3) is 6.68. The molecule has 0 spiro atoms. The van der Waals surface area contributed by atoms with Crippen molar-refractivity contribution < 1.29 is 27.5 Å². The molecule has 0 aliphatic rings. The summed E-state index contributed by atoms with van der Waals surface area (Å²) in [4.78, 5) is 16.3. The quantitative estimate of drug-likeness (QED) is 0.475. The number of alkyl halides is 2. The molecule has 1 aromatic heterocycles. The highest BCUT2D eigenvalue weighted by atomic mass is 35.5. The number of aromatic nitrogens is 1. The summed E-state index contributed by atoms with van der Waals surface area (Å²) in [6.45, 7) is -2.60. The van der Waals surface area contributed by atoms with Crippen molar-refractivity contribution in [1.29, 1.82) is 0 Å². The summed E-state index contributed by atoms with van der Waals surface area (Å²) in [5.74, 6) is 1.08. The predicted octanol–water partition coefficient (Wildman–Crippen LogP) is 4.90. The van der Waals surface area contributed by atoms with Gasteiger partial charge in [0.1, 0.15) is 0 Å². The fourth-order valence-electron chi connectivity index (χ4n) is 2.89. The SMILES string of the molecule is COc1ccc(CCNC(=O)CCc2ncc(-c3ccc(Cl)cc3)o2)cc1OC(F)F. The number of hydrogen-bond acceptors (Lipinski definition) is 5. The van der Waals surface area contributed by atoms with E-state index in [-0.39, 0.29) is 23.8 Å². The zero-order valence-corrected chi connectivity index (χ0v) is 17.5. The highest BCUT2D eigenvalue weighted by Crippen LogP contribution is 2.29. The normalized spacial score (nSPS) is 10.9. The molecule has 0 aliphatic heterocycles. The van der Waals surface area contributed by atoms with Crippen molar-refractivity contribution in [2.45, 2.75) is 25.9 Å². The number of methoxy groups -OCH3 is 1. The first-order chi connectivity index (χ1) is 14.9. The van der Waals surface area contributed by atoms with Crippen LogP contribution in [0.25, 0.3) is 11.3 Å². The number of oxazole rings is 1. The molecular formula is C22H21ClF2N2O4. The van der Waals surface area contributed by atoms with Gasteiger partial charge in [-0.3, -0.25) is 4.79 Å². The standard InChI is InChI=1S/C22H21ClF2N2O4/c1-29-17-7-2-14(12-18(17)31-22(24)25)10-11-26-20(28)8-9-21-27-13-19(30-21)15-3-5-16(23)6-4-15/h2-7,12-13,22H,8-11H2,1H3,(H,26,28). The minimum atomic E-state index is -2.95. The molecule has 3 aromatic rings. The number of ether oxygens (including phenoxy) is 2. The number of nitrogens with one attached hydrogen (secondary N) is 1. The van der Waals surface area contributed by atoms with Gasteiger partial charge in [0.25, 0.3) is 0 Å². The van der Waals surface area contributed by atoms with Crippen LogP contribution in [0.2, 0.25) is 5.02 Å². The second-order valence-electron chi connectivity index (χ2n) is 6.59. The molecule has 0 unspecified atom stereocenters. The molecule has 0 fully saturated rings. The lowest BCUT2D eigenvalue weighted by molar-refractivity contribution is -0.121. The number of halogens is 3. The van der Waals surface area contributed by atoms with Crippen LogP contribution in [0.1, 0.15) is 17.9 Å². The van der Waals surface area contributed by atoms with Crippen molar-refractivity contribution in [3.63, 3.8) is 0 Å². The van der Waals surface area contributed by atoms with Crippen molar-refractivity contribution in [3.05, 3.63) is 65.1 Å². The van der Waals surface area contributed by atoms with Gasteiger partial charge in [-0.15, -0.1) is 0 Å². The van der Waals surface area contributed by atoms with E-state index in [1.807, 2.05) is 12.1 Å². The van der Waals surface area contributed by atoms with Gasteiger partial charge < -0.3 is 19.2 Å². The third-order valence-corrected chi connectivity index (χ3v) is 4.68. The fourth-order valence-corrected chi connectivity index (χ4v) is 3.02. The Hall–Kier alpha value is -3.13. The number of nitrogens with zero attached hydrogens (tertiary/aromatic N) is 1. The summed E-state index contributed by atoms with van der Waals surface area (Å²) in [6.07, 6.45) is 2.63. The summed E-state index contributed by atoms with van der Waals surface area (Å²) >= 11 is 5.88. The number of benzene rings is 2. The molecule has 164 valence electrons. The minimum Gasteiger partial charge on any atom is -0.493 e. The molecule has 0 aliphatic carbocycles. The van der Waals surface area contributed by atoms with Crippen LogP contribution in [-0.4, -0.2) is 31.2 Å². The van der Waals surface area contributed by atoms with Gasteiger partial charge in [-0.25, -0.2) is 4.98 Å². The van der Waals surface area contributed by atoms with Crippen LogP contribution in [0.5, 0.6) is 11.5 Å². The van der Waals surface area contributed by atoms with Crippen LogP contribution in [0.4, 0.5) is 8.78 Å². The summed E-state index contributed by atoms with van der Waals surface area (Å²) in [7, 11) is 1.37. The van der Waals surface area contributed by atoms with Gasteiger partial charge in [0, 0.05) is 30.0 Å². The van der Waals surface area contributed by atoms with Crippen LogP contribution in [0.15, 0.2) is 53.1 Å². The van der Waals surface area contributed by atoms with Crippen LogP contribution < -0.4 is 14.8 Å². The third-order valence-electron chi connectivity index (χ3n) is 4.43. The van der Waals surface area contributed by atoms with Crippen molar-refractivity contribution in [3.8, 4) is 22.8 Å². The zero-order chi connectivity index (χ0) is 22.2. The lowest BCUT2D eigenvalue weighted by Gasteiger charge is -2.11. The first-order valence-corrected chi connectivity index (χ1v) is 9.91. The van der Waals surface area contributed by atoms with Crippen LogP contribution in [0, 0.1) is 0 Å². The molecule has 0 saturated carbocycles. The van der Waals surface area contributed by atoms with Gasteiger partial charge in [0.15, 0.2) is 23.1 Å². The number of hydrogen-bond donors (Lipinski definition) is 1. The molecule has 6 nitrogen and oxygen atoms in total. The lowest BCUT2D eigenvalue weighted by atomic mass is 10.1. The van der Waals surface area contributed by atoms with E-state index in [1.165, 1.54) is 13.2 Å². The van der Waals surface area contributed by atoms with Gasteiger partial charge in [0.05, 0.1) is 13.3 Å². The van der Waals surface area contributed by atoms with Crippen molar-refractivity contribution in [2.75, 3.05) is 13.7 Å². The average Bonchev–Trinajstić information content (AvgIpc) is 3.22. The highest BCUT2D eigenvalue weighted by molar-refractivity contribution is 6.30. The van der Waals surface area contributed by atoms with Crippen molar-refractivity contribution in [2.24, 2.45) is 0 Å². The minimum absolute atomic E-state index is 0.0401. The smallest absolute Gasteiger partial charge is 0.387 e. The molecule has 0 radical (unpaired) electrons. The Labute approximate surface area is 183 Å². The molecule has 31 heavy (non-hydrogen) atoms. The number of rotatable bonds is 10. The van der Waals surface area contributed by atoms with Gasteiger partial charge in [0.2, 0.25) is 5.91 Å². The highest BCUT2D eigenvalue weighted by Gasteiger charge is 2.12. The molecule has 2 aromatic carbocycles. The van der Waals surface area contributed by atoms with Crippen molar-refractivity contribution >= 4 is 17.5 Å². The van der Waals surface area contributed by atoms with E-state index in [0.29, 0.717) is 36.1 Å². The van der Waals surface area contributed by atoms with Crippen molar-refractivity contribution in [1.82, 2.24) is 10.3 Å². The van der Waals surface area contributed by atoms with E-state index < -0.39 is 6.61 Å². The van der Waals surface area contributed by atoms with E-state index in [0.717, 1.165) is 11.1 Å². The second kappa shape index (κ2) is 10.8. The van der Waals surface area contributed by atoms with Gasteiger partial charge in [-0.05, 0) is 48.4 Å². The Kier molecular flexibility index (Phi) is 7.83. The van der Waals surface area contributed by atoms with Gasteiger partial charge >= 0.3 is 6.61 Å². The first kappa shape index (κ1) is 22.6. The number of carbonyl (C=O) groups is 1. The van der Waals surface area contributed by atoms with Gasteiger partial charge in [-0.1, -0.05) is 17.7 Å². The molecule has 0 saturated heterocycles. The molecule has 1 amide bonds. The Morgan fingerprint density at radius 2 is 1.94 bits per heavy atom. The monoisotopic (exact) mass is 450 g/mol. The van der Waals surface area contributed by atoms with E-state index in [9.17, 15) is 13.6 Å². The Balaban J connectivity index is 1.45. The molecule has 1 heterocycles. The first-order valence-electron chi connectivity index (χ1n) is 9.53. The Morgan fingerprint density at radius 3 is 2.65 bits per heavy atom. The summed E-state index contributed by atoms with van der Waals surface area (Å²) in [6, 6.07) is 11.9. The molecule has 3 rings (SSSR count). The molecule has 0 bridgehead atoms. The van der Waals surface area contributed by atoms with Crippen LogP contribution >= 0.6 is 11.6 Å². The van der Waals surface area contributed by atoms with Crippen LogP contribution in [0.3, 0.4) is 0 Å². The van der Waals surface area contributed by atoms with Crippen LogP contribution in [-0.2, 0) is 17.6 Å². The summed E-state index contributed by atoms with van der Waals surface area (Å²) in [5.41, 5.74) is 1.58. The largest absolute Gasteiger partial charge is 0.493 e. The topological polar surface area (TPSA) is 73.6 Å². The Bertz CT molecular complexity index is 1010. The average molecular weight is 451 g/mol. The zero-order valence-electron chi connectivity index (χ0n) is 16.7. The number of amides is 1. The number of aryl methyl sites for hydroxylation is 1. The maximum Gasteiger partial charge on any atom is 0.387 e. The maximum atomic E-state index is 12.5.